The van der Waals surface area contributed by atoms with Crippen LogP contribution in [0.5, 0.6) is 0 Å². The van der Waals surface area contributed by atoms with Gasteiger partial charge < -0.3 is 25.8 Å². The van der Waals surface area contributed by atoms with Crippen molar-refractivity contribution in [2.45, 2.75) is 56.6 Å². The number of imidazole rings is 1. The summed E-state index contributed by atoms with van der Waals surface area (Å²) in [6.07, 6.45) is 1.49. The summed E-state index contributed by atoms with van der Waals surface area (Å²) >= 11 is 4.83. The highest BCUT2D eigenvalue weighted by Crippen LogP contribution is 2.33. The first kappa shape index (κ1) is 19.1. The van der Waals surface area contributed by atoms with E-state index in [9.17, 15) is 15.3 Å². The molecule has 4 atom stereocenters. The predicted octanol–water partition coefficient (Wildman–Crippen LogP) is 0.123. The van der Waals surface area contributed by atoms with Gasteiger partial charge in [-0.05, 0) is 24.6 Å². The number of nitrogens with zero attached hydrogens (tertiary/aromatic N) is 4. The number of hydrogen-bond donors (Lipinski definition) is 4. The quantitative estimate of drug-likeness (QED) is 0.371. The highest BCUT2D eigenvalue weighted by Gasteiger charge is 2.44. The Bertz CT molecular complexity index is 770. The Labute approximate surface area is 155 Å². The summed E-state index contributed by atoms with van der Waals surface area (Å²) in [5.41, 5.74) is 6.77. The summed E-state index contributed by atoms with van der Waals surface area (Å²) < 4.78 is 7.31. The summed E-state index contributed by atoms with van der Waals surface area (Å²) in [4.78, 5) is 12.7. The predicted molar refractivity (Wildman–Crippen MR) is 98.6 cm³/mol. The van der Waals surface area contributed by atoms with Crippen LogP contribution in [0.3, 0.4) is 0 Å². The molecule has 0 spiro atoms. The lowest BCUT2D eigenvalue weighted by molar-refractivity contribution is -0.0523. The van der Waals surface area contributed by atoms with Crippen molar-refractivity contribution >= 4 is 34.6 Å². The number of nitrogens with two attached hydrogens (primary N) is 1. The maximum absolute atomic E-state index is 10.4. The zero-order valence-corrected chi connectivity index (χ0v) is 15.0. The van der Waals surface area contributed by atoms with Crippen molar-refractivity contribution in [1.82, 2.24) is 19.5 Å². The van der Waals surface area contributed by atoms with Gasteiger partial charge in [-0.15, -0.1) is 0 Å². The molecule has 1 saturated heterocycles. The molecule has 0 bridgehead atoms. The number of unbranched alkanes of at least 4 members (excludes halogenated alkanes) is 3. The summed E-state index contributed by atoms with van der Waals surface area (Å²) in [6.45, 7) is -0.397. The molecule has 1 aliphatic rings. The second-order valence-corrected chi connectivity index (χ2v) is 6.66. The molecule has 10 heteroatoms. The second-order valence-electron chi connectivity index (χ2n) is 6.32. The normalized spacial score (nSPS) is 25.8. The van der Waals surface area contributed by atoms with Gasteiger partial charge >= 0.3 is 0 Å². The number of anilines is 1. The van der Waals surface area contributed by atoms with Crippen LogP contribution in [0.2, 0.25) is 0 Å². The van der Waals surface area contributed by atoms with Crippen LogP contribution in [-0.2, 0) is 11.2 Å². The molecule has 9 nitrogen and oxygen atoms in total. The number of thiocarbonyl (C=S) groups is 1. The topological polar surface area (TPSA) is 140 Å². The van der Waals surface area contributed by atoms with E-state index < -0.39 is 31.1 Å². The molecule has 142 valence electrons. The van der Waals surface area contributed by atoms with E-state index in [1.54, 1.807) is 9.93 Å². The number of aliphatic hydroxyl groups is 3. The second kappa shape index (κ2) is 8.31. The molecular weight excluding hydrogens is 358 g/mol. The average molecular weight is 381 g/mol. The highest BCUT2D eigenvalue weighted by molar-refractivity contribution is 7.78. The van der Waals surface area contributed by atoms with Crippen LogP contribution in [-0.4, -0.2) is 65.1 Å². The van der Waals surface area contributed by atoms with E-state index in [2.05, 4.69) is 15.0 Å². The molecule has 0 aliphatic carbocycles. The number of aryl methyl sites for hydroxylation is 1. The smallest absolute Gasteiger partial charge is 0.167 e. The van der Waals surface area contributed by atoms with E-state index >= 15 is 0 Å². The minimum Gasteiger partial charge on any atom is -0.394 e. The number of nitrogen functional groups attached to an aromatic ring is 1. The SMILES string of the molecule is Nc1ncnc2c1nc(CCCCCC=S)n2[C@@H]1O[C@H](CO)[C@@H](O)[C@H]1O. The van der Waals surface area contributed by atoms with Crippen LogP contribution < -0.4 is 5.73 Å². The lowest BCUT2D eigenvalue weighted by Gasteiger charge is -2.19. The van der Waals surface area contributed by atoms with Crippen molar-refractivity contribution in [3.05, 3.63) is 12.2 Å². The number of aliphatic hydroxyl groups excluding tert-OH is 3. The van der Waals surface area contributed by atoms with Gasteiger partial charge in [0.2, 0.25) is 0 Å². The molecule has 3 rings (SSSR count). The van der Waals surface area contributed by atoms with E-state index in [4.69, 9.17) is 22.7 Å². The summed E-state index contributed by atoms with van der Waals surface area (Å²) in [5, 5.41) is 31.5. The molecule has 1 fully saturated rings. The minimum absolute atomic E-state index is 0.238. The number of aromatic nitrogens is 4. The Morgan fingerprint density at radius 3 is 2.73 bits per heavy atom. The molecule has 2 aromatic rings. The van der Waals surface area contributed by atoms with E-state index in [0.29, 0.717) is 23.4 Å². The van der Waals surface area contributed by atoms with Gasteiger partial charge in [0.25, 0.3) is 0 Å². The number of ether oxygens (including phenoxy) is 1. The van der Waals surface area contributed by atoms with Crippen molar-refractivity contribution in [2.75, 3.05) is 12.3 Å². The lowest BCUT2D eigenvalue weighted by Crippen LogP contribution is -2.33. The fraction of sp³-hybridized carbons (Fsp3) is 0.625. The monoisotopic (exact) mass is 381 g/mol. The number of rotatable bonds is 8. The molecular formula is C16H23N5O4S. The Balaban J connectivity index is 1.92. The molecule has 0 aromatic carbocycles. The van der Waals surface area contributed by atoms with Crippen molar-refractivity contribution < 1.29 is 20.1 Å². The van der Waals surface area contributed by atoms with E-state index in [1.807, 2.05) is 0 Å². The molecule has 3 heterocycles. The minimum atomic E-state index is -1.21. The summed E-state index contributed by atoms with van der Waals surface area (Å²) in [7, 11) is 0. The van der Waals surface area contributed by atoms with Crippen LogP contribution in [0, 0.1) is 0 Å². The fourth-order valence-corrected chi connectivity index (χ4v) is 3.36. The van der Waals surface area contributed by atoms with Gasteiger partial charge in [0, 0.05) is 6.42 Å². The summed E-state index contributed by atoms with van der Waals surface area (Å²) in [5.74, 6) is 0.881. The first-order valence-corrected chi connectivity index (χ1v) is 9.09. The molecule has 5 N–H and O–H groups in total. The number of fused-ring (bicyclic) bond motifs is 1. The lowest BCUT2D eigenvalue weighted by atomic mass is 10.1. The largest absolute Gasteiger partial charge is 0.394 e. The third kappa shape index (κ3) is 3.55. The Kier molecular flexibility index (Phi) is 6.09. The van der Waals surface area contributed by atoms with Crippen LogP contribution >= 0.6 is 12.2 Å². The van der Waals surface area contributed by atoms with Gasteiger partial charge in [0.05, 0.1) is 6.61 Å². The maximum atomic E-state index is 10.4. The molecule has 26 heavy (non-hydrogen) atoms. The number of hydrogen-bond acceptors (Lipinski definition) is 9. The Morgan fingerprint density at radius 1 is 1.23 bits per heavy atom. The van der Waals surface area contributed by atoms with Crippen molar-refractivity contribution in [3.8, 4) is 0 Å². The fourth-order valence-electron chi connectivity index (χ4n) is 3.20. The Morgan fingerprint density at radius 2 is 2.04 bits per heavy atom. The van der Waals surface area contributed by atoms with E-state index in [0.717, 1.165) is 25.7 Å². The third-order valence-corrected chi connectivity index (χ3v) is 4.81. The maximum Gasteiger partial charge on any atom is 0.167 e. The third-order valence-electron chi connectivity index (χ3n) is 4.57. The zero-order valence-electron chi connectivity index (χ0n) is 14.2. The molecule has 2 aromatic heterocycles. The van der Waals surface area contributed by atoms with E-state index in [-0.39, 0.29) is 5.82 Å². The Hall–Kier alpha value is -1.72. The summed E-state index contributed by atoms with van der Waals surface area (Å²) in [6, 6.07) is 0. The van der Waals surface area contributed by atoms with Crippen LogP contribution in [0.4, 0.5) is 5.82 Å². The first-order chi connectivity index (χ1) is 12.6. The van der Waals surface area contributed by atoms with Crippen molar-refractivity contribution in [2.24, 2.45) is 0 Å². The van der Waals surface area contributed by atoms with Crippen LogP contribution in [0.1, 0.15) is 37.7 Å². The van der Waals surface area contributed by atoms with Gasteiger partial charge in [0.1, 0.15) is 30.5 Å². The first-order valence-electron chi connectivity index (χ1n) is 8.61. The molecule has 0 saturated carbocycles. The molecule has 0 radical (unpaired) electrons. The van der Waals surface area contributed by atoms with E-state index in [1.165, 1.54) is 6.33 Å². The van der Waals surface area contributed by atoms with Gasteiger partial charge in [-0.25, -0.2) is 15.0 Å². The van der Waals surface area contributed by atoms with Gasteiger partial charge in [0.15, 0.2) is 23.2 Å². The standard InChI is InChI=1S/C16H23N5O4S/c17-14-11-15(19-8-18-14)21(10(20-11)5-3-1-2-4-6-26)16-13(24)12(23)9(7-22)25-16/h6,8-9,12-13,16,22-24H,1-5,7H2,(H2,17,18,19)/t9-,12-,13-,16-/m1/s1. The molecule has 1 aliphatic heterocycles. The van der Waals surface area contributed by atoms with Gasteiger partial charge in [-0.2, -0.15) is 0 Å². The zero-order chi connectivity index (χ0) is 18.7. The van der Waals surface area contributed by atoms with Gasteiger partial charge in [-0.1, -0.05) is 18.6 Å². The highest BCUT2D eigenvalue weighted by atomic mass is 32.1. The van der Waals surface area contributed by atoms with Crippen molar-refractivity contribution in [3.63, 3.8) is 0 Å². The average Bonchev–Trinajstić information content (AvgIpc) is 3.14. The molecule has 0 unspecified atom stereocenters. The molecule has 0 amide bonds. The van der Waals surface area contributed by atoms with Crippen molar-refractivity contribution in [1.29, 1.82) is 0 Å². The van der Waals surface area contributed by atoms with Crippen LogP contribution in [0.25, 0.3) is 11.2 Å². The van der Waals surface area contributed by atoms with Gasteiger partial charge in [-0.3, -0.25) is 4.57 Å². The van der Waals surface area contributed by atoms with Crippen LogP contribution in [0.15, 0.2) is 6.33 Å².